The first kappa shape index (κ1) is 24.5. The largest absolute Gasteiger partial charge is 0.497 e. The Morgan fingerprint density at radius 1 is 0.912 bits per heavy atom. The van der Waals surface area contributed by atoms with Gasteiger partial charge in [0, 0.05) is 38.0 Å². The zero-order chi connectivity index (χ0) is 24.0. The Labute approximate surface area is 202 Å². The highest BCUT2D eigenvalue weighted by Crippen LogP contribution is 2.37. The van der Waals surface area contributed by atoms with Crippen LogP contribution < -0.4 is 9.47 Å². The van der Waals surface area contributed by atoms with Gasteiger partial charge in [0.2, 0.25) is 15.9 Å². The Morgan fingerprint density at radius 3 is 2.29 bits per heavy atom. The van der Waals surface area contributed by atoms with E-state index >= 15 is 0 Å². The van der Waals surface area contributed by atoms with Crippen LogP contribution in [0.1, 0.15) is 38.5 Å². The maximum atomic E-state index is 13.5. The van der Waals surface area contributed by atoms with E-state index in [2.05, 4.69) is 0 Å². The number of amides is 1. The van der Waals surface area contributed by atoms with Gasteiger partial charge in [-0.2, -0.15) is 4.31 Å². The van der Waals surface area contributed by atoms with E-state index in [1.807, 2.05) is 35.2 Å². The molecule has 1 amide bonds. The van der Waals surface area contributed by atoms with Gasteiger partial charge >= 0.3 is 0 Å². The van der Waals surface area contributed by atoms with Crippen LogP contribution >= 0.6 is 0 Å². The first-order valence-corrected chi connectivity index (χ1v) is 13.5. The maximum Gasteiger partial charge on any atom is 0.243 e. The number of benzene rings is 2. The third-order valence-corrected chi connectivity index (χ3v) is 8.71. The van der Waals surface area contributed by atoms with Crippen LogP contribution in [0.15, 0.2) is 59.5 Å². The van der Waals surface area contributed by atoms with E-state index in [1.165, 1.54) is 4.31 Å². The Balaban J connectivity index is 1.56. The van der Waals surface area contributed by atoms with E-state index < -0.39 is 15.4 Å². The molecule has 4 rings (SSSR count). The lowest BCUT2D eigenvalue weighted by molar-refractivity contribution is -0.136. The lowest BCUT2D eigenvalue weighted by atomic mass is 9.78. The molecule has 2 aromatic carbocycles. The topological polar surface area (TPSA) is 76.1 Å². The molecule has 0 radical (unpaired) electrons. The predicted octanol–water partition coefficient (Wildman–Crippen LogP) is 3.95. The van der Waals surface area contributed by atoms with E-state index in [4.69, 9.17) is 9.47 Å². The minimum atomic E-state index is -3.70. The van der Waals surface area contributed by atoms with Crippen LogP contribution in [0.4, 0.5) is 0 Å². The van der Waals surface area contributed by atoms with Gasteiger partial charge in [0.1, 0.15) is 11.5 Å². The van der Waals surface area contributed by atoms with Crippen molar-refractivity contribution in [2.24, 2.45) is 5.41 Å². The molecule has 7 nitrogen and oxygen atoms in total. The Bertz CT molecular complexity index is 1050. The molecule has 0 saturated carbocycles. The van der Waals surface area contributed by atoms with Gasteiger partial charge in [0.15, 0.2) is 0 Å². The summed E-state index contributed by atoms with van der Waals surface area (Å²) in [4.78, 5) is 15.4. The first-order valence-electron chi connectivity index (χ1n) is 12.0. The maximum absolute atomic E-state index is 13.5. The van der Waals surface area contributed by atoms with E-state index in [0.29, 0.717) is 25.3 Å². The van der Waals surface area contributed by atoms with Gasteiger partial charge in [0.05, 0.1) is 18.6 Å². The molecule has 0 spiro atoms. The number of sulfonamides is 1. The summed E-state index contributed by atoms with van der Waals surface area (Å²) in [5, 5.41) is 0. The molecule has 0 aromatic heterocycles. The second kappa shape index (κ2) is 10.8. The molecule has 34 heavy (non-hydrogen) atoms. The molecular weight excluding hydrogens is 452 g/mol. The van der Waals surface area contributed by atoms with E-state index in [0.717, 1.165) is 44.5 Å². The molecule has 2 aliphatic rings. The number of piperidine rings is 2. The number of rotatable bonds is 8. The molecule has 2 aromatic rings. The fourth-order valence-corrected chi connectivity index (χ4v) is 6.50. The number of likely N-dealkylation sites (tertiary alicyclic amines) is 1. The number of carbonyl (C=O) groups is 1. The van der Waals surface area contributed by atoms with Gasteiger partial charge in [-0.25, -0.2) is 8.42 Å². The summed E-state index contributed by atoms with van der Waals surface area (Å²) in [6.45, 7) is 2.54. The van der Waals surface area contributed by atoms with Crippen molar-refractivity contribution in [2.75, 3.05) is 39.9 Å². The monoisotopic (exact) mass is 486 g/mol. The highest BCUT2D eigenvalue weighted by molar-refractivity contribution is 7.89. The van der Waals surface area contributed by atoms with Gasteiger partial charge in [0.25, 0.3) is 0 Å². The average molecular weight is 487 g/mol. The number of methoxy groups -OCH3 is 1. The van der Waals surface area contributed by atoms with Gasteiger partial charge in [-0.15, -0.1) is 0 Å². The van der Waals surface area contributed by atoms with Crippen molar-refractivity contribution in [3.05, 3.63) is 54.6 Å². The highest BCUT2D eigenvalue weighted by Gasteiger charge is 2.43. The van der Waals surface area contributed by atoms with Crippen molar-refractivity contribution in [1.82, 2.24) is 9.21 Å². The third kappa shape index (κ3) is 5.73. The number of nitrogens with zero attached hydrogens (tertiary/aromatic N) is 2. The summed E-state index contributed by atoms with van der Waals surface area (Å²) in [5.41, 5.74) is -0.581. The predicted molar refractivity (Wildman–Crippen MR) is 130 cm³/mol. The summed E-state index contributed by atoms with van der Waals surface area (Å²) >= 11 is 0. The van der Waals surface area contributed by atoms with Crippen molar-refractivity contribution in [1.29, 1.82) is 0 Å². The molecule has 8 heteroatoms. The fourth-order valence-electron chi connectivity index (χ4n) is 4.91. The highest BCUT2D eigenvalue weighted by atomic mass is 32.2. The van der Waals surface area contributed by atoms with E-state index in [1.54, 1.807) is 31.4 Å². The van der Waals surface area contributed by atoms with Crippen LogP contribution in [0.2, 0.25) is 0 Å². The number of ether oxygens (including phenoxy) is 2. The van der Waals surface area contributed by atoms with Crippen LogP contribution in [-0.2, 0) is 14.8 Å². The van der Waals surface area contributed by atoms with Crippen molar-refractivity contribution in [3.63, 3.8) is 0 Å². The SMILES string of the molecule is COc1ccc(S(=O)(=O)N2CCC[C@@](COc3ccccc3)(CC(=O)N3CCCCC3)C2)cc1. The molecule has 0 N–H and O–H groups in total. The lowest BCUT2D eigenvalue weighted by Gasteiger charge is -2.42. The van der Waals surface area contributed by atoms with Crippen LogP contribution in [0, 0.1) is 5.41 Å². The van der Waals surface area contributed by atoms with E-state index in [-0.39, 0.29) is 23.8 Å². The Morgan fingerprint density at radius 2 is 1.62 bits per heavy atom. The number of para-hydroxylation sites is 1. The van der Waals surface area contributed by atoms with Crippen LogP contribution in [-0.4, -0.2) is 63.4 Å². The minimum absolute atomic E-state index is 0.0973. The summed E-state index contributed by atoms with van der Waals surface area (Å²) < 4.78 is 39.8. The van der Waals surface area contributed by atoms with E-state index in [9.17, 15) is 13.2 Å². The molecular formula is C26H34N2O5S. The average Bonchev–Trinajstić information content (AvgIpc) is 2.89. The smallest absolute Gasteiger partial charge is 0.243 e. The van der Waals surface area contributed by atoms with Crippen molar-refractivity contribution >= 4 is 15.9 Å². The number of hydrogen-bond acceptors (Lipinski definition) is 5. The third-order valence-electron chi connectivity index (χ3n) is 6.85. The van der Waals surface area contributed by atoms with Gasteiger partial charge in [-0.1, -0.05) is 18.2 Å². The molecule has 2 saturated heterocycles. The molecule has 184 valence electrons. The molecule has 0 unspecified atom stereocenters. The molecule has 1 atom stereocenters. The van der Waals surface area contributed by atoms with Crippen LogP contribution in [0.5, 0.6) is 11.5 Å². The van der Waals surface area contributed by atoms with Crippen molar-refractivity contribution in [3.8, 4) is 11.5 Å². The zero-order valence-corrected chi connectivity index (χ0v) is 20.6. The minimum Gasteiger partial charge on any atom is -0.497 e. The molecule has 2 heterocycles. The Kier molecular flexibility index (Phi) is 7.78. The second-order valence-electron chi connectivity index (χ2n) is 9.34. The van der Waals surface area contributed by atoms with Crippen LogP contribution in [0.3, 0.4) is 0 Å². The van der Waals surface area contributed by atoms with Gasteiger partial charge < -0.3 is 14.4 Å². The molecule has 0 bridgehead atoms. The standard InChI is InChI=1S/C26H34N2O5S/c1-32-22-11-13-24(14-12-22)34(30,31)28-18-8-15-26(20-28,21-33-23-9-4-2-5-10-23)19-25(29)27-16-6-3-7-17-27/h2,4-5,9-14H,3,6-8,15-21H2,1H3/t26-/m1/s1. The summed E-state index contributed by atoms with van der Waals surface area (Å²) in [7, 11) is -2.15. The van der Waals surface area contributed by atoms with Crippen molar-refractivity contribution < 1.29 is 22.7 Å². The number of carbonyl (C=O) groups excluding carboxylic acids is 1. The molecule has 0 aliphatic carbocycles. The van der Waals surface area contributed by atoms with Gasteiger partial charge in [-0.05, 0) is 68.5 Å². The van der Waals surface area contributed by atoms with Crippen LogP contribution in [0.25, 0.3) is 0 Å². The molecule has 2 aliphatic heterocycles. The fraction of sp³-hybridized carbons (Fsp3) is 0.500. The second-order valence-corrected chi connectivity index (χ2v) is 11.3. The zero-order valence-electron chi connectivity index (χ0n) is 19.8. The lowest BCUT2D eigenvalue weighted by Crippen LogP contribution is -2.51. The summed E-state index contributed by atoms with van der Waals surface area (Å²) in [6, 6.07) is 16.0. The Hall–Kier alpha value is -2.58. The normalized spacial score (nSPS) is 21.7. The molecule has 2 fully saturated rings. The number of hydrogen-bond donors (Lipinski definition) is 0. The quantitative estimate of drug-likeness (QED) is 0.565. The van der Waals surface area contributed by atoms with Gasteiger partial charge in [-0.3, -0.25) is 4.79 Å². The summed E-state index contributed by atoms with van der Waals surface area (Å²) in [5.74, 6) is 1.43. The van der Waals surface area contributed by atoms with Crippen molar-refractivity contribution in [2.45, 2.75) is 43.4 Å². The summed E-state index contributed by atoms with van der Waals surface area (Å²) in [6.07, 6.45) is 4.91. The first-order chi connectivity index (χ1) is 16.4.